The maximum Gasteiger partial charge on any atom is 0.405 e. The molecular formula is C38H43BrCl8N6O8. The van der Waals surface area contributed by atoms with E-state index in [4.69, 9.17) is 118 Å². The number of rotatable bonds is 6. The molecule has 0 spiro atoms. The Bertz CT molecular complexity index is 2060. The highest BCUT2D eigenvalue weighted by molar-refractivity contribution is 9.10. The number of nitro benzene ring substituents is 1. The summed E-state index contributed by atoms with van der Waals surface area (Å²) in [7, 11) is 5.38. The lowest BCUT2D eigenvalue weighted by Gasteiger charge is -2.34. The average molecular weight is 1080 g/mol. The largest absolute Gasteiger partial charge is 0.506 e. The Morgan fingerprint density at radius 1 is 0.787 bits per heavy atom. The normalized spacial score (nSPS) is 13.9. The van der Waals surface area contributed by atoms with Crippen molar-refractivity contribution in [2.75, 3.05) is 89.2 Å². The molecule has 6 rings (SSSR count). The number of likely N-dealkylation sites (N-methyl/N-ethyl adjacent to an activating group) is 1. The van der Waals surface area contributed by atoms with Crippen LogP contribution in [0.4, 0.5) is 27.5 Å². The summed E-state index contributed by atoms with van der Waals surface area (Å²) in [5.74, 6) is 1.14. The molecule has 0 bridgehead atoms. The van der Waals surface area contributed by atoms with Gasteiger partial charge in [-0.3, -0.25) is 10.1 Å². The van der Waals surface area contributed by atoms with Crippen molar-refractivity contribution in [2.45, 2.75) is 12.5 Å². The number of hydrogen-bond donors (Lipinski definition) is 4. The van der Waals surface area contributed by atoms with Crippen LogP contribution in [0.1, 0.15) is 6.92 Å². The smallest absolute Gasteiger partial charge is 0.405 e. The SMILES string of the molecule is CC(Cl)OC(=O)Cl.COc1cc(N2CCN(C)CC2)c(N)cc1Cl.COc1cc(N2CCNCC2)c(Br)cc1Cl.O=[N+]([O-])c1cc(Cl)c(O)cc1Cl.Oc1cc(Cl)ccc1Cl. The number of nitrogens with zero attached hydrogens (tertiary/aromatic N) is 4. The number of hydrogen-bond acceptors (Lipinski definition) is 13. The highest BCUT2D eigenvalue weighted by Crippen LogP contribution is 2.38. The summed E-state index contributed by atoms with van der Waals surface area (Å²) in [6.45, 7) is 9.58. The van der Waals surface area contributed by atoms with Crippen molar-refractivity contribution in [1.82, 2.24) is 10.2 Å². The maximum absolute atomic E-state index is 10.3. The fourth-order valence-electron chi connectivity index (χ4n) is 5.14. The van der Waals surface area contributed by atoms with E-state index in [-0.39, 0.29) is 27.2 Å². The van der Waals surface area contributed by atoms with Crippen molar-refractivity contribution in [3.63, 3.8) is 0 Å². The number of piperazine rings is 2. The van der Waals surface area contributed by atoms with Gasteiger partial charge in [-0.15, -0.1) is 0 Å². The number of phenolic OH excluding ortho intramolecular Hbond substituents is 2. The Labute approximate surface area is 402 Å². The van der Waals surface area contributed by atoms with Gasteiger partial charge in [-0.25, -0.2) is 4.79 Å². The van der Waals surface area contributed by atoms with Crippen molar-refractivity contribution in [1.29, 1.82) is 0 Å². The summed E-state index contributed by atoms with van der Waals surface area (Å²) in [6, 6.07) is 14.1. The number of nitrogens with two attached hydrogens (primary N) is 1. The van der Waals surface area contributed by atoms with Crippen LogP contribution in [0.5, 0.6) is 23.0 Å². The second-order valence-corrected chi connectivity index (χ2v) is 16.8. The molecule has 5 N–H and O–H groups in total. The molecule has 0 aliphatic carbocycles. The highest BCUT2D eigenvalue weighted by atomic mass is 79.9. The number of ether oxygens (including phenoxy) is 3. The molecule has 2 heterocycles. The van der Waals surface area contributed by atoms with Crippen LogP contribution in [-0.4, -0.2) is 105 Å². The van der Waals surface area contributed by atoms with Gasteiger partial charge in [0.1, 0.15) is 28.0 Å². The van der Waals surface area contributed by atoms with Crippen molar-refractivity contribution < 1.29 is 34.1 Å². The molecule has 0 saturated carbocycles. The van der Waals surface area contributed by atoms with Crippen LogP contribution in [-0.2, 0) is 4.74 Å². The minimum Gasteiger partial charge on any atom is -0.506 e. The number of alkyl halides is 1. The van der Waals surface area contributed by atoms with Crippen LogP contribution in [0.2, 0.25) is 30.1 Å². The summed E-state index contributed by atoms with van der Waals surface area (Å²) in [4.78, 5) is 26.2. The monoisotopic (exact) mass is 1070 g/mol. The van der Waals surface area contributed by atoms with E-state index in [0.29, 0.717) is 31.5 Å². The Balaban J connectivity index is 0.000000272. The van der Waals surface area contributed by atoms with Gasteiger partial charge in [0, 0.05) is 104 Å². The number of aromatic hydroxyl groups is 2. The minimum atomic E-state index is -0.873. The topological polar surface area (TPSA) is 176 Å². The number of nitrogens with one attached hydrogen (secondary N) is 1. The molecule has 2 saturated heterocycles. The Morgan fingerprint density at radius 3 is 1.79 bits per heavy atom. The van der Waals surface area contributed by atoms with Crippen molar-refractivity contribution >= 4 is 137 Å². The lowest BCUT2D eigenvalue weighted by molar-refractivity contribution is -0.384. The number of carbonyl (C=O) groups is 1. The van der Waals surface area contributed by atoms with Crippen molar-refractivity contribution in [3.8, 4) is 23.0 Å². The molecule has 61 heavy (non-hydrogen) atoms. The summed E-state index contributed by atoms with van der Waals surface area (Å²) >= 11 is 47.3. The van der Waals surface area contributed by atoms with Gasteiger partial charge in [-0.1, -0.05) is 81.2 Å². The van der Waals surface area contributed by atoms with E-state index in [1.54, 1.807) is 32.4 Å². The van der Waals surface area contributed by atoms with Gasteiger partial charge < -0.3 is 50.2 Å². The Morgan fingerprint density at radius 2 is 1.31 bits per heavy atom. The number of phenols is 2. The summed E-state index contributed by atoms with van der Waals surface area (Å²) in [5, 5.41) is 33.2. The first-order valence-corrected chi connectivity index (χ1v) is 21.6. The van der Waals surface area contributed by atoms with Crippen LogP contribution in [0.3, 0.4) is 0 Å². The lowest BCUT2D eigenvalue weighted by Crippen LogP contribution is -2.44. The molecule has 2 aliphatic heterocycles. The third kappa shape index (κ3) is 18.8. The van der Waals surface area contributed by atoms with Gasteiger partial charge >= 0.3 is 5.43 Å². The van der Waals surface area contributed by atoms with E-state index in [9.17, 15) is 14.9 Å². The van der Waals surface area contributed by atoms with Gasteiger partial charge in [-0.05, 0) is 54.2 Å². The van der Waals surface area contributed by atoms with Crippen LogP contribution in [0.25, 0.3) is 0 Å². The first-order valence-electron chi connectivity index (χ1n) is 17.7. The summed E-state index contributed by atoms with van der Waals surface area (Å²) in [6.07, 6.45) is 0. The molecule has 2 aliphatic rings. The lowest BCUT2D eigenvalue weighted by atomic mass is 10.2. The second kappa shape index (κ2) is 27.3. The zero-order chi connectivity index (χ0) is 46.0. The van der Waals surface area contributed by atoms with Crippen LogP contribution >= 0.6 is 109 Å². The molecule has 4 aromatic rings. The predicted molar refractivity (Wildman–Crippen MR) is 253 cm³/mol. The van der Waals surface area contributed by atoms with Gasteiger partial charge in [0.25, 0.3) is 5.69 Å². The van der Waals surface area contributed by atoms with Crippen molar-refractivity contribution in [3.05, 3.63) is 99.3 Å². The average Bonchev–Trinajstić information content (AvgIpc) is 3.19. The Hall–Kier alpha value is -2.93. The number of anilines is 3. The van der Waals surface area contributed by atoms with E-state index < -0.39 is 15.9 Å². The number of halogens is 9. The fourth-order valence-corrected chi connectivity index (χ4v) is 7.28. The van der Waals surface area contributed by atoms with Crippen molar-refractivity contribution in [2.24, 2.45) is 0 Å². The zero-order valence-corrected chi connectivity index (χ0v) is 40.7. The van der Waals surface area contributed by atoms with E-state index >= 15 is 0 Å². The van der Waals surface area contributed by atoms with Gasteiger partial charge in [0.2, 0.25) is 0 Å². The molecular weight excluding hydrogens is 1030 g/mol. The fraction of sp³-hybridized carbons (Fsp3) is 0.342. The first kappa shape index (κ1) is 54.2. The Kier molecular flexibility index (Phi) is 24.3. The van der Waals surface area contributed by atoms with Gasteiger partial charge in [0.15, 0.2) is 5.56 Å². The van der Waals surface area contributed by atoms with Gasteiger partial charge in [0.05, 0.1) is 56.3 Å². The van der Waals surface area contributed by atoms with Crippen LogP contribution < -0.4 is 30.3 Å². The van der Waals surface area contributed by atoms with Crippen LogP contribution in [0.15, 0.2) is 59.1 Å². The predicted octanol–water partition coefficient (Wildman–Crippen LogP) is 11.5. The molecule has 0 radical (unpaired) electrons. The number of carbonyl (C=O) groups excluding carboxylic acids is 1. The summed E-state index contributed by atoms with van der Waals surface area (Å²) < 4.78 is 15.6. The number of nitrogen functional groups attached to an aromatic ring is 1. The van der Waals surface area contributed by atoms with E-state index in [1.807, 2.05) is 18.2 Å². The molecule has 14 nitrogen and oxygen atoms in total. The van der Waals surface area contributed by atoms with Gasteiger partial charge in [-0.2, -0.15) is 0 Å². The van der Waals surface area contributed by atoms with E-state index in [0.717, 1.165) is 86.1 Å². The summed E-state index contributed by atoms with van der Waals surface area (Å²) in [5.41, 5.74) is 7.05. The maximum atomic E-state index is 10.3. The number of methoxy groups -OCH3 is 2. The third-order valence-electron chi connectivity index (χ3n) is 8.20. The molecule has 4 aromatic carbocycles. The minimum absolute atomic E-state index is 0.0177. The quantitative estimate of drug-likeness (QED) is 0.0472. The zero-order valence-electron chi connectivity index (χ0n) is 33.0. The van der Waals surface area contributed by atoms with E-state index in [2.05, 4.69) is 47.7 Å². The molecule has 2 fully saturated rings. The molecule has 0 amide bonds. The van der Waals surface area contributed by atoms with Crippen LogP contribution in [0, 0.1) is 10.1 Å². The number of benzene rings is 4. The second-order valence-electron chi connectivity index (χ2n) is 12.5. The molecule has 23 heteroatoms. The number of nitro groups is 1. The standard InChI is InChI=1S/C12H18ClN3O.C11H14BrClN2O.C6H3Cl2NO3.C6H4Cl2O.C3H4Cl2O2/c1-15-3-5-16(6-4-15)11-8-12(17-2)9(13)7-10(11)14;1-16-11-7-10(8(12)6-9(11)13)15-4-2-14-3-5-15;7-3-2-6(10)4(8)1-5(3)9(11)12;7-4-1-2-5(8)6(9)3-4;1-2(4)7-3(5)6/h7-8H,3-6,14H2,1-2H3;6-7,14H,2-5H2,1H3;1-2,10H;1-3,9H;2H,1H3. The molecule has 1 unspecified atom stereocenters. The highest BCUT2D eigenvalue weighted by Gasteiger charge is 2.19. The molecule has 336 valence electrons. The molecule has 0 aromatic heterocycles. The first-order chi connectivity index (χ1) is 28.7. The van der Waals surface area contributed by atoms with E-state index in [1.165, 1.54) is 13.0 Å². The molecule has 1 atom stereocenters. The third-order valence-corrected chi connectivity index (χ3v) is 10.8.